The number of unbranched alkanes of at least 4 members (excludes halogenated alkanes) is 9. The average Bonchev–Trinajstić information content (AvgIpc) is 2.79. The highest BCUT2D eigenvalue weighted by molar-refractivity contribution is 6.33. The SMILES string of the molecule is CCCCCCCCCCCCN1C(=O)c2ccc3c4c(ccc(c24)C1=O)C(=O)NC3=O. The minimum absolute atomic E-state index is 0.323. The maximum atomic E-state index is 13.1. The minimum Gasteiger partial charge on any atom is -0.288 e. The van der Waals surface area contributed by atoms with Crippen LogP contribution in [0.5, 0.6) is 0 Å². The standard InChI is InChI=1S/C26H30N2O4/c1-2-3-4-5-6-7-8-9-10-11-16-28-25(31)19-14-12-17-21-18(24(30)27-23(17)29)13-15-20(22(19)21)26(28)32/h12-15H,2-11,16H2,1H3,(H,27,29,30). The van der Waals surface area contributed by atoms with Crippen LogP contribution in [0.1, 0.15) is 113 Å². The van der Waals surface area contributed by atoms with E-state index in [-0.39, 0.29) is 11.8 Å². The van der Waals surface area contributed by atoms with Gasteiger partial charge in [-0.25, -0.2) is 0 Å². The van der Waals surface area contributed by atoms with Crippen molar-refractivity contribution in [3.05, 3.63) is 46.5 Å². The Morgan fingerprint density at radius 3 is 1.50 bits per heavy atom. The van der Waals surface area contributed by atoms with E-state index in [0.717, 1.165) is 19.3 Å². The number of nitrogens with one attached hydrogen (secondary N) is 1. The van der Waals surface area contributed by atoms with Gasteiger partial charge in [0.05, 0.1) is 0 Å². The highest BCUT2D eigenvalue weighted by Crippen LogP contribution is 2.36. The van der Waals surface area contributed by atoms with Crippen molar-refractivity contribution in [3.63, 3.8) is 0 Å². The Morgan fingerprint density at radius 2 is 1.00 bits per heavy atom. The second-order valence-electron chi connectivity index (χ2n) is 8.80. The van der Waals surface area contributed by atoms with Gasteiger partial charge in [0.1, 0.15) is 0 Å². The number of carbonyl (C=O) groups excluding carboxylic acids is 4. The predicted octanol–water partition coefficient (Wildman–Crippen LogP) is 5.24. The van der Waals surface area contributed by atoms with Gasteiger partial charge in [0, 0.05) is 39.6 Å². The number of rotatable bonds is 11. The number of hydrogen-bond donors (Lipinski definition) is 1. The number of nitrogens with zero attached hydrogens (tertiary/aromatic N) is 1. The van der Waals surface area contributed by atoms with Crippen LogP contribution in [0.4, 0.5) is 0 Å². The Labute approximate surface area is 188 Å². The van der Waals surface area contributed by atoms with Crippen LogP contribution in [-0.4, -0.2) is 35.1 Å². The van der Waals surface area contributed by atoms with E-state index in [1.54, 1.807) is 24.3 Å². The average molecular weight is 435 g/mol. The van der Waals surface area contributed by atoms with Gasteiger partial charge in [-0.2, -0.15) is 0 Å². The lowest BCUT2D eigenvalue weighted by molar-refractivity contribution is 0.0606. The van der Waals surface area contributed by atoms with Gasteiger partial charge in [-0.3, -0.25) is 29.4 Å². The molecule has 2 aromatic carbocycles. The van der Waals surface area contributed by atoms with E-state index < -0.39 is 11.8 Å². The fourth-order valence-corrected chi connectivity index (χ4v) is 4.81. The first-order valence-electron chi connectivity index (χ1n) is 11.9. The molecule has 0 fully saturated rings. The van der Waals surface area contributed by atoms with E-state index in [9.17, 15) is 19.2 Å². The molecule has 1 N–H and O–H groups in total. The van der Waals surface area contributed by atoms with Gasteiger partial charge in [-0.1, -0.05) is 64.7 Å². The zero-order valence-electron chi connectivity index (χ0n) is 18.7. The molecule has 0 aliphatic carbocycles. The van der Waals surface area contributed by atoms with Crippen molar-refractivity contribution in [1.82, 2.24) is 10.2 Å². The van der Waals surface area contributed by atoms with Crippen LogP contribution >= 0.6 is 0 Å². The van der Waals surface area contributed by atoms with Crippen LogP contribution in [0.15, 0.2) is 24.3 Å². The van der Waals surface area contributed by atoms with Gasteiger partial charge in [-0.15, -0.1) is 0 Å². The Kier molecular flexibility index (Phi) is 6.68. The highest BCUT2D eigenvalue weighted by Gasteiger charge is 2.36. The van der Waals surface area contributed by atoms with Gasteiger partial charge in [0.15, 0.2) is 0 Å². The molecular weight excluding hydrogens is 404 g/mol. The number of amides is 4. The molecule has 2 aliphatic heterocycles. The zero-order valence-corrected chi connectivity index (χ0v) is 18.7. The summed E-state index contributed by atoms with van der Waals surface area (Å²) in [6.45, 7) is 2.61. The topological polar surface area (TPSA) is 83.6 Å². The van der Waals surface area contributed by atoms with Crippen molar-refractivity contribution in [2.24, 2.45) is 0 Å². The molecule has 0 saturated carbocycles. The molecule has 4 rings (SSSR count). The summed E-state index contributed by atoms with van der Waals surface area (Å²) in [4.78, 5) is 52.0. The van der Waals surface area contributed by atoms with Crippen LogP contribution in [0.25, 0.3) is 10.8 Å². The van der Waals surface area contributed by atoms with Crippen LogP contribution < -0.4 is 5.32 Å². The minimum atomic E-state index is -0.501. The monoisotopic (exact) mass is 434 g/mol. The number of carbonyl (C=O) groups is 4. The van der Waals surface area contributed by atoms with Gasteiger partial charge in [0.2, 0.25) is 0 Å². The molecule has 0 spiro atoms. The van der Waals surface area contributed by atoms with E-state index in [1.165, 1.54) is 49.8 Å². The Morgan fingerprint density at radius 1 is 0.594 bits per heavy atom. The fourth-order valence-electron chi connectivity index (χ4n) is 4.81. The smallest absolute Gasteiger partial charge is 0.261 e. The Bertz CT molecular complexity index is 1020. The lowest BCUT2D eigenvalue weighted by atomic mass is 9.86. The first kappa shape index (κ1) is 22.2. The van der Waals surface area contributed by atoms with Gasteiger partial charge >= 0.3 is 0 Å². The largest absolute Gasteiger partial charge is 0.288 e. The highest BCUT2D eigenvalue weighted by atomic mass is 16.2. The van der Waals surface area contributed by atoms with Crippen LogP contribution in [0.3, 0.4) is 0 Å². The lowest BCUT2D eigenvalue weighted by Crippen LogP contribution is -2.42. The summed E-state index contributed by atoms with van der Waals surface area (Å²) in [6, 6.07) is 6.33. The van der Waals surface area contributed by atoms with Crippen molar-refractivity contribution < 1.29 is 19.2 Å². The number of imide groups is 2. The third-order valence-corrected chi connectivity index (χ3v) is 6.56. The van der Waals surface area contributed by atoms with Crippen molar-refractivity contribution >= 4 is 34.4 Å². The van der Waals surface area contributed by atoms with Gasteiger partial charge < -0.3 is 0 Å². The summed E-state index contributed by atoms with van der Waals surface area (Å²) in [7, 11) is 0. The van der Waals surface area contributed by atoms with Crippen molar-refractivity contribution in [2.75, 3.05) is 6.54 Å². The normalized spacial score (nSPS) is 15.0. The first-order valence-corrected chi connectivity index (χ1v) is 11.9. The molecular formula is C26H30N2O4. The molecule has 0 saturated heterocycles. The summed E-state index contributed by atoms with van der Waals surface area (Å²) in [5.74, 6) is -1.70. The molecule has 6 heteroatoms. The molecule has 0 unspecified atom stereocenters. The van der Waals surface area contributed by atoms with E-state index >= 15 is 0 Å². The molecule has 0 aromatic heterocycles. The summed E-state index contributed by atoms with van der Waals surface area (Å²) >= 11 is 0. The molecule has 0 atom stereocenters. The predicted molar refractivity (Wildman–Crippen MR) is 123 cm³/mol. The Balaban J connectivity index is 1.40. The van der Waals surface area contributed by atoms with E-state index in [4.69, 9.17) is 0 Å². The second kappa shape index (κ2) is 9.63. The van der Waals surface area contributed by atoms with Gasteiger partial charge in [0.25, 0.3) is 23.6 Å². The molecule has 2 aliphatic rings. The first-order chi connectivity index (χ1) is 15.5. The molecule has 0 bridgehead atoms. The quantitative estimate of drug-likeness (QED) is 0.387. The number of hydrogen-bond acceptors (Lipinski definition) is 4. The summed E-state index contributed by atoms with van der Waals surface area (Å²) in [6.07, 6.45) is 11.8. The molecule has 32 heavy (non-hydrogen) atoms. The fraction of sp³-hybridized carbons (Fsp3) is 0.462. The van der Waals surface area contributed by atoms with Crippen LogP contribution in [0.2, 0.25) is 0 Å². The molecule has 2 aromatic rings. The molecule has 2 heterocycles. The van der Waals surface area contributed by atoms with Gasteiger partial charge in [-0.05, 0) is 30.7 Å². The summed E-state index contributed by atoms with van der Waals surface area (Å²) < 4.78 is 0. The summed E-state index contributed by atoms with van der Waals surface area (Å²) in [5.41, 5.74) is 1.41. The maximum Gasteiger partial charge on any atom is 0.261 e. The van der Waals surface area contributed by atoms with Crippen LogP contribution in [-0.2, 0) is 0 Å². The molecule has 168 valence electrons. The van der Waals surface area contributed by atoms with E-state index in [2.05, 4.69) is 12.2 Å². The lowest BCUT2D eigenvalue weighted by Gasteiger charge is -2.29. The molecule has 0 radical (unpaired) electrons. The molecule has 6 nitrogen and oxygen atoms in total. The third-order valence-electron chi connectivity index (χ3n) is 6.56. The third kappa shape index (κ3) is 4.06. The Hall–Kier alpha value is -3.02. The van der Waals surface area contributed by atoms with Crippen molar-refractivity contribution in [3.8, 4) is 0 Å². The van der Waals surface area contributed by atoms with E-state index in [0.29, 0.717) is 39.6 Å². The van der Waals surface area contributed by atoms with Crippen LogP contribution in [0, 0.1) is 0 Å². The van der Waals surface area contributed by atoms with Crippen molar-refractivity contribution in [1.29, 1.82) is 0 Å². The number of benzene rings is 2. The summed E-state index contributed by atoms with van der Waals surface area (Å²) in [5, 5.41) is 3.14. The van der Waals surface area contributed by atoms with E-state index in [1.807, 2.05) is 0 Å². The van der Waals surface area contributed by atoms with Crippen molar-refractivity contribution in [2.45, 2.75) is 71.1 Å². The maximum absolute atomic E-state index is 13.1. The second-order valence-corrected chi connectivity index (χ2v) is 8.80. The zero-order chi connectivity index (χ0) is 22.7. The molecule has 4 amide bonds.